The normalized spacial score (nSPS) is 17.0. The third-order valence-corrected chi connectivity index (χ3v) is 5.30. The molecule has 1 aromatic carbocycles. The first-order valence-electron chi connectivity index (χ1n) is 9.09. The average Bonchev–Trinajstić information content (AvgIpc) is 3.10. The van der Waals surface area contributed by atoms with E-state index in [1.54, 1.807) is 17.0 Å². The Morgan fingerprint density at radius 3 is 2.85 bits per heavy atom. The molecule has 1 N–H and O–H groups in total. The Labute approximate surface area is 157 Å². The van der Waals surface area contributed by atoms with Crippen LogP contribution in [0.15, 0.2) is 22.7 Å². The largest absolute Gasteiger partial charge is 0.379 e. The number of fused-ring (bicyclic) bond motifs is 1. The summed E-state index contributed by atoms with van der Waals surface area (Å²) in [7, 11) is 0. The average molecular weight is 376 g/mol. The van der Waals surface area contributed by atoms with Gasteiger partial charge in [0.15, 0.2) is 0 Å². The Hall–Kier alpha value is -2.05. The Balaban J connectivity index is 1.43. The van der Waals surface area contributed by atoms with Crippen LogP contribution >= 0.6 is 11.6 Å². The third-order valence-electron chi connectivity index (χ3n) is 4.99. The highest BCUT2D eigenvalue weighted by Crippen LogP contribution is 2.26. The predicted octanol–water partition coefficient (Wildman–Crippen LogP) is 3.29. The zero-order chi connectivity index (χ0) is 17.9. The van der Waals surface area contributed by atoms with Crippen molar-refractivity contribution >= 4 is 23.2 Å². The number of rotatable bonds is 4. The second-order valence-electron chi connectivity index (χ2n) is 6.69. The van der Waals surface area contributed by atoms with Crippen LogP contribution in [0.25, 0.3) is 0 Å². The van der Waals surface area contributed by atoms with Crippen LogP contribution in [0.2, 0.25) is 5.02 Å². The quantitative estimate of drug-likeness (QED) is 0.888. The SMILES string of the molecule is O=C(c1ccc(NCc2noc3c2CCCC3)cc1Cl)N1CCOCC1. The first-order chi connectivity index (χ1) is 12.7. The van der Waals surface area contributed by atoms with E-state index in [2.05, 4.69) is 10.5 Å². The Kier molecular flexibility index (Phi) is 5.13. The first-order valence-corrected chi connectivity index (χ1v) is 9.47. The molecule has 1 aromatic heterocycles. The number of carbonyl (C=O) groups excluding carboxylic acids is 1. The number of aryl methyl sites for hydroxylation is 1. The summed E-state index contributed by atoms with van der Waals surface area (Å²) in [5.41, 5.74) is 3.59. The number of anilines is 1. The molecule has 0 radical (unpaired) electrons. The van der Waals surface area contributed by atoms with Crippen LogP contribution in [0.1, 0.15) is 40.2 Å². The highest BCUT2D eigenvalue weighted by molar-refractivity contribution is 6.34. The van der Waals surface area contributed by atoms with Gasteiger partial charge in [-0.2, -0.15) is 0 Å². The highest BCUT2D eigenvalue weighted by atomic mass is 35.5. The molecule has 2 aliphatic rings. The molecule has 1 aliphatic heterocycles. The lowest BCUT2D eigenvalue weighted by Gasteiger charge is -2.27. The van der Waals surface area contributed by atoms with Crippen LogP contribution in [0.3, 0.4) is 0 Å². The number of morpholine rings is 1. The second kappa shape index (κ2) is 7.68. The van der Waals surface area contributed by atoms with Crippen molar-refractivity contribution in [2.75, 3.05) is 31.6 Å². The molecule has 2 aromatic rings. The number of hydrogen-bond acceptors (Lipinski definition) is 5. The fourth-order valence-corrected chi connectivity index (χ4v) is 3.77. The minimum atomic E-state index is -0.0459. The zero-order valence-corrected chi connectivity index (χ0v) is 15.3. The van der Waals surface area contributed by atoms with Crippen molar-refractivity contribution in [2.45, 2.75) is 32.2 Å². The molecule has 7 heteroatoms. The number of aromatic nitrogens is 1. The van der Waals surface area contributed by atoms with E-state index in [0.29, 0.717) is 43.4 Å². The Bertz CT molecular complexity index is 799. The summed E-state index contributed by atoms with van der Waals surface area (Å²) in [5.74, 6) is 0.980. The number of nitrogens with zero attached hydrogens (tertiary/aromatic N) is 2. The van der Waals surface area contributed by atoms with E-state index >= 15 is 0 Å². The maximum Gasteiger partial charge on any atom is 0.255 e. The van der Waals surface area contributed by atoms with Crippen LogP contribution in [-0.4, -0.2) is 42.3 Å². The van der Waals surface area contributed by atoms with E-state index < -0.39 is 0 Å². The summed E-state index contributed by atoms with van der Waals surface area (Å²) in [6, 6.07) is 5.45. The number of benzene rings is 1. The van der Waals surface area contributed by atoms with Crippen LogP contribution < -0.4 is 5.32 Å². The van der Waals surface area contributed by atoms with Crippen molar-refractivity contribution in [1.29, 1.82) is 0 Å². The predicted molar refractivity (Wildman–Crippen MR) is 98.6 cm³/mol. The van der Waals surface area contributed by atoms with E-state index in [1.165, 1.54) is 18.4 Å². The van der Waals surface area contributed by atoms with Gasteiger partial charge in [0, 0.05) is 30.8 Å². The molecule has 26 heavy (non-hydrogen) atoms. The minimum Gasteiger partial charge on any atom is -0.379 e. The lowest BCUT2D eigenvalue weighted by atomic mass is 9.96. The number of nitrogens with one attached hydrogen (secondary N) is 1. The van der Waals surface area contributed by atoms with Crippen molar-refractivity contribution in [3.05, 3.63) is 45.8 Å². The molecule has 1 aliphatic carbocycles. The molecule has 1 amide bonds. The van der Waals surface area contributed by atoms with Crippen molar-refractivity contribution in [3.8, 4) is 0 Å². The monoisotopic (exact) mass is 375 g/mol. The van der Waals surface area contributed by atoms with Crippen molar-refractivity contribution < 1.29 is 14.1 Å². The topological polar surface area (TPSA) is 67.6 Å². The van der Waals surface area contributed by atoms with Gasteiger partial charge in [0.2, 0.25) is 0 Å². The fraction of sp³-hybridized carbons (Fsp3) is 0.474. The molecular weight excluding hydrogens is 354 g/mol. The first kappa shape index (κ1) is 17.4. The highest BCUT2D eigenvalue weighted by Gasteiger charge is 2.21. The molecule has 4 rings (SSSR count). The summed E-state index contributed by atoms with van der Waals surface area (Å²) in [5, 5.41) is 7.98. The van der Waals surface area contributed by atoms with Crippen LogP contribution in [0, 0.1) is 0 Å². The van der Waals surface area contributed by atoms with Crippen LogP contribution in [0.4, 0.5) is 5.69 Å². The molecule has 1 fully saturated rings. The minimum absolute atomic E-state index is 0.0459. The van der Waals surface area contributed by atoms with Gasteiger partial charge in [-0.15, -0.1) is 0 Å². The number of hydrogen-bond donors (Lipinski definition) is 1. The van der Waals surface area contributed by atoms with Crippen LogP contribution in [-0.2, 0) is 24.1 Å². The summed E-state index contributed by atoms with van der Waals surface area (Å²) >= 11 is 6.37. The van der Waals surface area contributed by atoms with E-state index in [9.17, 15) is 4.79 Å². The molecule has 6 nitrogen and oxygen atoms in total. The maximum absolute atomic E-state index is 12.6. The Morgan fingerprint density at radius 2 is 2.04 bits per heavy atom. The zero-order valence-electron chi connectivity index (χ0n) is 14.6. The van der Waals surface area contributed by atoms with E-state index in [1.807, 2.05) is 6.07 Å². The summed E-state index contributed by atoms with van der Waals surface area (Å²) in [6.45, 7) is 2.95. The number of halogens is 1. The molecule has 1 saturated heterocycles. The molecule has 0 saturated carbocycles. The van der Waals surface area contributed by atoms with Crippen molar-refractivity contribution in [3.63, 3.8) is 0 Å². The van der Waals surface area contributed by atoms with Gasteiger partial charge < -0.3 is 19.5 Å². The van der Waals surface area contributed by atoms with Crippen LogP contribution in [0.5, 0.6) is 0 Å². The maximum atomic E-state index is 12.6. The lowest BCUT2D eigenvalue weighted by Crippen LogP contribution is -2.40. The van der Waals surface area contributed by atoms with Gasteiger partial charge in [0.25, 0.3) is 5.91 Å². The van der Waals surface area contributed by atoms with Gasteiger partial charge in [-0.05, 0) is 37.5 Å². The van der Waals surface area contributed by atoms with Gasteiger partial charge in [-0.1, -0.05) is 16.8 Å². The van der Waals surface area contributed by atoms with Gasteiger partial charge in [0.1, 0.15) is 11.5 Å². The smallest absolute Gasteiger partial charge is 0.255 e. The molecule has 0 bridgehead atoms. The molecular formula is C19H22ClN3O3. The standard InChI is InChI=1S/C19H22ClN3O3/c20-16-11-13(5-6-14(16)19(24)23-7-9-25-10-8-23)21-12-17-15-3-1-2-4-18(15)26-22-17/h5-6,11,21H,1-4,7-10,12H2. The van der Waals surface area contributed by atoms with E-state index in [-0.39, 0.29) is 5.91 Å². The lowest BCUT2D eigenvalue weighted by molar-refractivity contribution is 0.0303. The summed E-state index contributed by atoms with van der Waals surface area (Å²) in [6.07, 6.45) is 4.37. The van der Waals surface area contributed by atoms with E-state index in [0.717, 1.165) is 30.0 Å². The molecule has 2 heterocycles. The van der Waals surface area contributed by atoms with Gasteiger partial charge in [-0.3, -0.25) is 4.79 Å². The number of amides is 1. The number of carbonyl (C=O) groups is 1. The second-order valence-corrected chi connectivity index (χ2v) is 7.10. The molecule has 0 unspecified atom stereocenters. The fourth-order valence-electron chi connectivity index (χ4n) is 3.51. The summed E-state index contributed by atoms with van der Waals surface area (Å²) in [4.78, 5) is 14.4. The van der Waals surface area contributed by atoms with Crippen molar-refractivity contribution in [1.82, 2.24) is 10.1 Å². The molecule has 0 atom stereocenters. The third kappa shape index (κ3) is 3.57. The Morgan fingerprint density at radius 1 is 1.23 bits per heavy atom. The van der Waals surface area contributed by atoms with Gasteiger partial charge in [0.05, 0.1) is 30.3 Å². The van der Waals surface area contributed by atoms with Crippen molar-refractivity contribution in [2.24, 2.45) is 0 Å². The molecule has 0 spiro atoms. The summed E-state index contributed by atoms with van der Waals surface area (Å²) < 4.78 is 10.7. The van der Waals surface area contributed by atoms with E-state index in [4.69, 9.17) is 20.9 Å². The van der Waals surface area contributed by atoms with Gasteiger partial charge in [-0.25, -0.2) is 0 Å². The van der Waals surface area contributed by atoms with Gasteiger partial charge >= 0.3 is 0 Å². The number of ether oxygens (including phenoxy) is 1. The molecule has 138 valence electrons.